The molecule has 1 saturated heterocycles. The van der Waals surface area contributed by atoms with E-state index in [9.17, 15) is 0 Å². The quantitative estimate of drug-likeness (QED) is 0.810. The predicted molar refractivity (Wildman–Crippen MR) is 75.9 cm³/mol. The van der Waals surface area contributed by atoms with Crippen LogP contribution in [0.4, 0.5) is 0 Å². The normalized spacial score (nSPS) is 22.7. The SMILES string of the molecule is CC(C)N1CCC(N2CCc3ncncc3C2)CC1. The summed E-state index contributed by atoms with van der Waals surface area (Å²) in [5.41, 5.74) is 2.59. The zero-order valence-electron chi connectivity index (χ0n) is 12.0. The third-order valence-electron chi connectivity index (χ3n) is 4.64. The molecule has 19 heavy (non-hydrogen) atoms. The molecule has 2 aliphatic heterocycles. The van der Waals surface area contributed by atoms with E-state index in [4.69, 9.17) is 0 Å². The zero-order chi connectivity index (χ0) is 13.2. The van der Waals surface area contributed by atoms with E-state index in [1.165, 1.54) is 37.2 Å². The number of hydrogen-bond donors (Lipinski definition) is 0. The molecule has 3 heterocycles. The van der Waals surface area contributed by atoms with Crippen LogP contribution >= 0.6 is 0 Å². The van der Waals surface area contributed by atoms with Crippen molar-refractivity contribution >= 4 is 0 Å². The first-order valence-corrected chi connectivity index (χ1v) is 7.50. The molecule has 0 amide bonds. The molecule has 0 saturated carbocycles. The first-order valence-electron chi connectivity index (χ1n) is 7.50. The van der Waals surface area contributed by atoms with Gasteiger partial charge in [0.25, 0.3) is 0 Å². The van der Waals surface area contributed by atoms with Gasteiger partial charge in [-0.2, -0.15) is 0 Å². The van der Waals surface area contributed by atoms with E-state index in [0.717, 1.165) is 25.6 Å². The summed E-state index contributed by atoms with van der Waals surface area (Å²) < 4.78 is 0. The van der Waals surface area contributed by atoms with Crippen molar-refractivity contribution in [3.05, 3.63) is 23.8 Å². The molecular weight excluding hydrogens is 236 g/mol. The van der Waals surface area contributed by atoms with Crippen molar-refractivity contribution in [1.29, 1.82) is 0 Å². The van der Waals surface area contributed by atoms with Crippen molar-refractivity contribution in [1.82, 2.24) is 19.8 Å². The molecule has 0 aromatic carbocycles. The summed E-state index contributed by atoms with van der Waals surface area (Å²) in [7, 11) is 0. The maximum atomic E-state index is 4.39. The van der Waals surface area contributed by atoms with Crippen LogP contribution < -0.4 is 0 Å². The van der Waals surface area contributed by atoms with Gasteiger partial charge in [0.05, 0.1) is 0 Å². The minimum Gasteiger partial charge on any atom is -0.301 e. The molecule has 0 aliphatic carbocycles. The van der Waals surface area contributed by atoms with E-state index < -0.39 is 0 Å². The molecule has 0 unspecified atom stereocenters. The van der Waals surface area contributed by atoms with Crippen LogP contribution in [0.1, 0.15) is 37.9 Å². The van der Waals surface area contributed by atoms with Gasteiger partial charge in [-0.15, -0.1) is 0 Å². The zero-order valence-corrected chi connectivity index (χ0v) is 12.0. The summed E-state index contributed by atoms with van der Waals surface area (Å²) in [5, 5.41) is 0. The van der Waals surface area contributed by atoms with Gasteiger partial charge in [-0.3, -0.25) is 4.90 Å². The van der Waals surface area contributed by atoms with Gasteiger partial charge in [-0.05, 0) is 39.8 Å². The number of likely N-dealkylation sites (tertiary alicyclic amines) is 1. The molecule has 0 atom stereocenters. The number of rotatable bonds is 2. The highest BCUT2D eigenvalue weighted by molar-refractivity contribution is 5.19. The van der Waals surface area contributed by atoms with Crippen molar-refractivity contribution in [2.45, 2.75) is 51.7 Å². The third kappa shape index (κ3) is 2.79. The lowest BCUT2D eigenvalue weighted by molar-refractivity contribution is 0.0832. The van der Waals surface area contributed by atoms with Crippen molar-refractivity contribution in [2.75, 3.05) is 19.6 Å². The molecule has 4 heteroatoms. The highest BCUT2D eigenvalue weighted by atomic mass is 15.2. The van der Waals surface area contributed by atoms with Crippen molar-refractivity contribution in [3.8, 4) is 0 Å². The summed E-state index contributed by atoms with van der Waals surface area (Å²) >= 11 is 0. The van der Waals surface area contributed by atoms with Crippen LogP contribution in [0.25, 0.3) is 0 Å². The minimum atomic E-state index is 0.691. The van der Waals surface area contributed by atoms with Gasteiger partial charge in [0.15, 0.2) is 0 Å². The number of fused-ring (bicyclic) bond motifs is 1. The molecule has 0 radical (unpaired) electrons. The van der Waals surface area contributed by atoms with E-state index in [0.29, 0.717) is 6.04 Å². The summed E-state index contributed by atoms with van der Waals surface area (Å²) in [6, 6.07) is 1.44. The standard InChI is InChI=1S/C15H24N4/c1-12(2)18-6-3-14(4-7-18)19-8-5-15-13(10-19)9-16-11-17-15/h9,11-12,14H,3-8,10H2,1-2H3. The van der Waals surface area contributed by atoms with Crippen LogP contribution in [0.5, 0.6) is 0 Å². The van der Waals surface area contributed by atoms with Gasteiger partial charge in [0.1, 0.15) is 6.33 Å². The molecule has 0 spiro atoms. The van der Waals surface area contributed by atoms with Crippen LogP contribution in [0.3, 0.4) is 0 Å². The largest absolute Gasteiger partial charge is 0.301 e. The lowest BCUT2D eigenvalue weighted by atomic mass is 9.98. The fourth-order valence-electron chi connectivity index (χ4n) is 3.37. The van der Waals surface area contributed by atoms with Crippen LogP contribution in [0.2, 0.25) is 0 Å². The van der Waals surface area contributed by atoms with Crippen LogP contribution in [-0.4, -0.2) is 51.5 Å². The number of piperidine rings is 1. The predicted octanol–water partition coefficient (Wildman–Crippen LogP) is 1.71. The average Bonchev–Trinajstić information content (AvgIpc) is 2.47. The molecule has 2 aliphatic rings. The van der Waals surface area contributed by atoms with Crippen LogP contribution in [0.15, 0.2) is 12.5 Å². The summed E-state index contributed by atoms with van der Waals surface area (Å²) in [4.78, 5) is 13.8. The Hall–Kier alpha value is -1.00. The Morgan fingerprint density at radius 1 is 1.21 bits per heavy atom. The highest BCUT2D eigenvalue weighted by Gasteiger charge is 2.28. The lowest BCUT2D eigenvalue weighted by Gasteiger charge is -2.41. The third-order valence-corrected chi connectivity index (χ3v) is 4.64. The van der Waals surface area contributed by atoms with Gasteiger partial charge in [0, 0.05) is 49.0 Å². The first-order chi connectivity index (χ1) is 9.24. The second-order valence-corrected chi connectivity index (χ2v) is 6.08. The Morgan fingerprint density at radius 2 is 2.00 bits per heavy atom. The smallest absolute Gasteiger partial charge is 0.115 e. The first kappa shape index (κ1) is 13.0. The number of nitrogens with zero attached hydrogens (tertiary/aromatic N) is 4. The molecule has 1 aromatic rings. The Morgan fingerprint density at radius 3 is 2.74 bits per heavy atom. The monoisotopic (exact) mass is 260 g/mol. The molecule has 0 N–H and O–H groups in total. The summed E-state index contributed by atoms with van der Waals surface area (Å²) in [6.07, 6.45) is 7.37. The second kappa shape index (κ2) is 5.55. The van der Waals surface area contributed by atoms with E-state index in [1.54, 1.807) is 6.33 Å². The van der Waals surface area contributed by atoms with Crippen molar-refractivity contribution in [2.24, 2.45) is 0 Å². The van der Waals surface area contributed by atoms with E-state index >= 15 is 0 Å². The van der Waals surface area contributed by atoms with E-state index in [-0.39, 0.29) is 0 Å². The second-order valence-electron chi connectivity index (χ2n) is 6.08. The Labute approximate surface area is 115 Å². The van der Waals surface area contributed by atoms with Gasteiger partial charge >= 0.3 is 0 Å². The molecule has 0 bridgehead atoms. The van der Waals surface area contributed by atoms with E-state index in [2.05, 4.69) is 33.6 Å². The Balaban J connectivity index is 1.60. The minimum absolute atomic E-state index is 0.691. The molecular formula is C15H24N4. The van der Waals surface area contributed by atoms with Crippen LogP contribution in [0, 0.1) is 0 Å². The Bertz CT molecular complexity index is 424. The highest BCUT2D eigenvalue weighted by Crippen LogP contribution is 2.24. The fraction of sp³-hybridized carbons (Fsp3) is 0.733. The molecule has 4 nitrogen and oxygen atoms in total. The van der Waals surface area contributed by atoms with Gasteiger partial charge < -0.3 is 4.90 Å². The topological polar surface area (TPSA) is 32.3 Å². The Kier molecular flexibility index (Phi) is 3.80. The number of hydrogen-bond acceptors (Lipinski definition) is 4. The number of aromatic nitrogens is 2. The maximum absolute atomic E-state index is 4.39. The molecule has 1 fully saturated rings. The van der Waals surface area contributed by atoms with Gasteiger partial charge in [0.2, 0.25) is 0 Å². The van der Waals surface area contributed by atoms with Crippen LogP contribution in [-0.2, 0) is 13.0 Å². The van der Waals surface area contributed by atoms with Gasteiger partial charge in [-0.1, -0.05) is 0 Å². The summed E-state index contributed by atoms with van der Waals surface area (Å²) in [6.45, 7) is 9.30. The summed E-state index contributed by atoms with van der Waals surface area (Å²) in [5.74, 6) is 0. The average molecular weight is 260 g/mol. The maximum Gasteiger partial charge on any atom is 0.115 e. The molecule has 104 valence electrons. The fourth-order valence-corrected chi connectivity index (χ4v) is 3.37. The molecule has 3 rings (SSSR count). The van der Waals surface area contributed by atoms with Gasteiger partial charge in [-0.25, -0.2) is 9.97 Å². The van der Waals surface area contributed by atoms with Crippen molar-refractivity contribution < 1.29 is 0 Å². The molecule has 1 aromatic heterocycles. The van der Waals surface area contributed by atoms with E-state index in [1.807, 2.05) is 6.20 Å². The lowest BCUT2D eigenvalue weighted by Crippen LogP contribution is -2.48. The van der Waals surface area contributed by atoms with Crippen molar-refractivity contribution in [3.63, 3.8) is 0 Å².